The summed E-state index contributed by atoms with van der Waals surface area (Å²) in [7, 11) is 0. The minimum Gasteiger partial charge on any atom is -0.484 e. The first-order chi connectivity index (χ1) is 11.2. The number of carbonyl (C=O) groups excluding carboxylic acids is 1. The fraction of sp³-hybridized carbons (Fsp3) is 0.214. The van der Waals surface area contributed by atoms with Crippen molar-refractivity contribution in [1.29, 1.82) is 0 Å². The number of hydrogen-bond acceptors (Lipinski definition) is 4. The Labute approximate surface area is 132 Å². The summed E-state index contributed by atoms with van der Waals surface area (Å²) in [6, 6.07) is 6.36. The van der Waals surface area contributed by atoms with Crippen molar-refractivity contribution in [2.75, 3.05) is 11.9 Å². The number of ether oxygens (including phenoxy) is 1. The zero-order chi connectivity index (χ0) is 17.7. The average Bonchev–Trinajstić information content (AvgIpc) is 2.49. The molecule has 0 unspecified atom stereocenters. The SMILES string of the molecule is O=C(Cn1ccc(=O)[nH]c1=O)Nc1ccc(OCC(F)(F)F)cc1. The number of nitrogens with zero attached hydrogens (tertiary/aromatic N) is 1. The molecule has 1 heterocycles. The lowest BCUT2D eigenvalue weighted by Gasteiger charge is -2.10. The van der Waals surface area contributed by atoms with Crippen LogP contribution in [0.4, 0.5) is 18.9 Å². The Hall–Kier alpha value is -3.04. The lowest BCUT2D eigenvalue weighted by atomic mass is 10.3. The van der Waals surface area contributed by atoms with Crippen molar-refractivity contribution in [2.24, 2.45) is 0 Å². The van der Waals surface area contributed by atoms with Gasteiger partial charge in [-0.3, -0.25) is 19.1 Å². The Morgan fingerprint density at radius 2 is 1.83 bits per heavy atom. The first-order valence-electron chi connectivity index (χ1n) is 6.62. The highest BCUT2D eigenvalue weighted by Gasteiger charge is 2.28. The first-order valence-corrected chi connectivity index (χ1v) is 6.62. The summed E-state index contributed by atoms with van der Waals surface area (Å²) in [6.07, 6.45) is -3.26. The number of nitrogens with one attached hydrogen (secondary N) is 2. The molecule has 2 N–H and O–H groups in total. The molecule has 0 saturated heterocycles. The van der Waals surface area contributed by atoms with Gasteiger partial charge in [0.05, 0.1) is 0 Å². The van der Waals surface area contributed by atoms with Crippen LogP contribution in [0.25, 0.3) is 0 Å². The van der Waals surface area contributed by atoms with Gasteiger partial charge in [-0.15, -0.1) is 0 Å². The Morgan fingerprint density at radius 1 is 1.17 bits per heavy atom. The predicted octanol–water partition coefficient (Wildman–Crippen LogP) is 1.12. The molecular weight excluding hydrogens is 331 g/mol. The lowest BCUT2D eigenvalue weighted by Crippen LogP contribution is -2.32. The summed E-state index contributed by atoms with van der Waals surface area (Å²) >= 11 is 0. The first kappa shape index (κ1) is 17.3. The summed E-state index contributed by atoms with van der Waals surface area (Å²) in [6.45, 7) is -1.74. The normalized spacial score (nSPS) is 11.1. The second kappa shape index (κ2) is 7.02. The van der Waals surface area contributed by atoms with Gasteiger partial charge in [-0.2, -0.15) is 13.2 Å². The molecule has 0 atom stereocenters. The molecule has 10 heteroatoms. The molecule has 2 rings (SSSR count). The van der Waals surface area contributed by atoms with Gasteiger partial charge in [-0.1, -0.05) is 0 Å². The summed E-state index contributed by atoms with van der Waals surface area (Å²) < 4.78 is 41.6. The number of carbonyl (C=O) groups is 1. The van der Waals surface area contributed by atoms with E-state index in [2.05, 4.69) is 10.1 Å². The van der Waals surface area contributed by atoms with E-state index in [1.54, 1.807) is 0 Å². The molecule has 0 aliphatic heterocycles. The van der Waals surface area contributed by atoms with E-state index in [9.17, 15) is 27.6 Å². The summed E-state index contributed by atoms with van der Waals surface area (Å²) in [5.41, 5.74) is -0.989. The molecule has 0 bridgehead atoms. The number of anilines is 1. The van der Waals surface area contributed by atoms with Crippen LogP contribution < -0.4 is 21.3 Å². The largest absolute Gasteiger partial charge is 0.484 e. The molecule has 0 saturated carbocycles. The van der Waals surface area contributed by atoms with Crippen LogP contribution in [0.15, 0.2) is 46.1 Å². The molecule has 0 fully saturated rings. The van der Waals surface area contributed by atoms with Crippen LogP contribution >= 0.6 is 0 Å². The Morgan fingerprint density at radius 3 is 2.42 bits per heavy atom. The Kier molecular flexibility index (Phi) is 5.07. The third kappa shape index (κ3) is 5.30. The third-order valence-electron chi connectivity index (χ3n) is 2.75. The fourth-order valence-corrected chi connectivity index (χ4v) is 1.72. The van der Waals surface area contributed by atoms with Crippen LogP contribution in [0.2, 0.25) is 0 Å². The van der Waals surface area contributed by atoms with Crippen molar-refractivity contribution < 1.29 is 22.7 Å². The van der Waals surface area contributed by atoms with Crippen molar-refractivity contribution in [2.45, 2.75) is 12.7 Å². The van der Waals surface area contributed by atoms with Gasteiger partial charge in [-0.05, 0) is 24.3 Å². The average molecular weight is 343 g/mol. The maximum Gasteiger partial charge on any atom is 0.422 e. The third-order valence-corrected chi connectivity index (χ3v) is 2.75. The number of hydrogen-bond donors (Lipinski definition) is 2. The molecular formula is C14H12F3N3O4. The zero-order valence-electron chi connectivity index (χ0n) is 12.1. The minimum absolute atomic E-state index is 0.00202. The highest BCUT2D eigenvalue weighted by molar-refractivity contribution is 5.90. The van der Waals surface area contributed by atoms with Gasteiger partial charge >= 0.3 is 11.9 Å². The predicted molar refractivity (Wildman–Crippen MR) is 77.9 cm³/mol. The monoisotopic (exact) mass is 343 g/mol. The summed E-state index contributed by atoms with van der Waals surface area (Å²) in [4.78, 5) is 36.2. The van der Waals surface area contributed by atoms with E-state index in [0.717, 1.165) is 10.6 Å². The molecule has 1 amide bonds. The van der Waals surface area contributed by atoms with Crippen LogP contribution in [0.5, 0.6) is 5.75 Å². The molecule has 24 heavy (non-hydrogen) atoms. The quantitative estimate of drug-likeness (QED) is 0.851. The van der Waals surface area contributed by atoms with Gasteiger partial charge in [0.25, 0.3) is 5.56 Å². The van der Waals surface area contributed by atoms with Crippen molar-refractivity contribution in [3.8, 4) is 5.75 Å². The summed E-state index contributed by atoms with van der Waals surface area (Å²) in [5.74, 6) is -0.546. The molecule has 0 spiro atoms. The van der Waals surface area contributed by atoms with E-state index in [1.165, 1.54) is 30.5 Å². The number of aromatic nitrogens is 2. The molecule has 0 aliphatic carbocycles. The lowest BCUT2D eigenvalue weighted by molar-refractivity contribution is -0.153. The highest BCUT2D eigenvalue weighted by atomic mass is 19.4. The zero-order valence-corrected chi connectivity index (χ0v) is 12.1. The fourth-order valence-electron chi connectivity index (χ4n) is 1.72. The maximum atomic E-state index is 12.0. The summed E-state index contributed by atoms with van der Waals surface area (Å²) in [5, 5.41) is 2.46. The molecule has 7 nitrogen and oxygen atoms in total. The molecule has 0 aliphatic rings. The smallest absolute Gasteiger partial charge is 0.422 e. The number of alkyl halides is 3. The Bertz CT molecular complexity index is 825. The van der Waals surface area contributed by atoms with Crippen LogP contribution in [0.1, 0.15) is 0 Å². The van der Waals surface area contributed by atoms with Gasteiger partial charge in [0.2, 0.25) is 5.91 Å². The van der Waals surface area contributed by atoms with Crippen molar-refractivity contribution in [3.05, 3.63) is 57.4 Å². The Balaban J connectivity index is 1.94. The maximum absolute atomic E-state index is 12.0. The highest BCUT2D eigenvalue weighted by Crippen LogP contribution is 2.20. The van der Waals surface area contributed by atoms with Crippen molar-refractivity contribution in [3.63, 3.8) is 0 Å². The van der Waals surface area contributed by atoms with Crippen LogP contribution in [0, 0.1) is 0 Å². The molecule has 128 valence electrons. The number of benzene rings is 1. The van der Waals surface area contributed by atoms with Gasteiger partial charge < -0.3 is 10.1 Å². The number of H-pyrrole nitrogens is 1. The molecule has 1 aromatic heterocycles. The van der Waals surface area contributed by atoms with Crippen molar-refractivity contribution in [1.82, 2.24) is 9.55 Å². The van der Waals surface area contributed by atoms with E-state index < -0.39 is 29.9 Å². The number of amides is 1. The van der Waals surface area contributed by atoms with E-state index in [0.29, 0.717) is 5.69 Å². The van der Waals surface area contributed by atoms with Gasteiger partial charge in [0.1, 0.15) is 12.3 Å². The van der Waals surface area contributed by atoms with Gasteiger partial charge in [0.15, 0.2) is 6.61 Å². The standard InChI is InChI=1S/C14H12F3N3O4/c15-14(16,17)8-24-10-3-1-9(2-4-10)18-12(22)7-20-6-5-11(21)19-13(20)23/h1-6H,7-8H2,(H,18,22)(H,19,21,23). The number of halogens is 3. The second-order valence-electron chi connectivity index (χ2n) is 4.71. The van der Waals surface area contributed by atoms with Crippen LogP contribution in [0.3, 0.4) is 0 Å². The van der Waals surface area contributed by atoms with Crippen molar-refractivity contribution >= 4 is 11.6 Å². The number of aromatic amines is 1. The van der Waals surface area contributed by atoms with E-state index in [-0.39, 0.29) is 12.3 Å². The molecule has 0 radical (unpaired) electrons. The van der Waals surface area contributed by atoms with Gasteiger partial charge in [0, 0.05) is 18.0 Å². The van der Waals surface area contributed by atoms with E-state index in [1.807, 2.05) is 4.98 Å². The molecule has 2 aromatic rings. The van der Waals surface area contributed by atoms with E-state index in [4.69, 9.17) is 0 Å². The topological polar surface area (TPSA) is 93.2 Å². The molecule has 1 aromatic carbocycles. The van der Waals surface area contributed by atoms with E-state index >= 15 is 0 Å². The van der Waals surface area contributed by atoms with Crippen LogP contribution in [-0.4, -0.2) is 28.2 Å². The van der Waals surface area contributed by atoms with Crippen LogP contribution in [-0.2, 0) is 11.3 Å². The number of rotatable bonds is 5. The van der Waals surface area contributed by atoms with Gasteiger partial charge in [-0.25, -0.2) is 4.79 Å². The minimum atomic E-state index is -4.43. The second-order valence-corrected chi connectivity index (χ2v) is 4.71.